The van der Waals surface area contributed by atoms with Gasteiger partial charge in [0.2, 0.25) is 0 Å². The number of ether oxygens (including phenoxy) is 1. The summed E-state index contributed by atoms with van der Waals surface area (Å²) in [5.41, 5.74) is 0.841. The van der Waals surface area contributed by atoms with Crippen molar-refractivity contribution >= 4 is 16.1 Å². The molecular weight excluding hydrogens is 370 g/mol. The Hall–Kier alpha value is -1.60. The lowest BCUT2D eigenvalue weighted by Crippen LogP contribution is -2.58. The van der Waals surface area contributed by atoms with Gasteiger partial charge >= 0.3 is 10.4 Å². The van der Waals surface area contributed by atoms with E-state index in [2.05, 4.69) is 9.44 Å². The number of benzene rings is 1. The Labute approximate surface area is 150 Å². The zero-order chi connectivity index (χ0) is 19.3. The first-order chi connectivity index (χ1) is 12.2. The zero-order valence-electron chi connectivity index (χ0n) is 13.6. The lowest BCUT2D eigenvalue weighted by atomic mass is 9.91. The SMILES string of the molecule is O=S(=O)(O)ON=C(Cc1ccccc1)C[C@@H]1O[C@H](CO)[C@@H](O)[C@H](O)[C@H]1O. The molecule has 1 aliphatic rings. The summed E-state index contributed by atoms with van der Waals surface area (Å²) in [6.07, 6.45) is -6.81. The maximum atomic E-state index is 10.8. The van der Waals surface area contributed by atoms with Crippen molar-refractivity contribution in [3.63, 3.8) is 0 Å². The summed E-state index contributed by atoms with van der Waals surface area (Å²) in [4.78, 5) is 0. The Morgan fingerprint density at radius 1 is 1.08 bits per heavy atom. The first-order valence-electron chi connectivity index (χ1n) is 7.77. The highest BCUT2D eigenvalue weighted by Crippen LogP contribution is 2.24. The molecule has 0 bridgehead atoms. The number of nitrogens with zero attached hydrogens (tertiary/aromatic N) is 1. The van der Waals surface area contributed by atoms with Gasteiger partial charge in [-0.2, -0.15) is 8.42 Å². The van der Waals surface area contributed by atoms with Crippen molar-refractivity contribution in [2.24, 2.45) is 5.16 Å². The summed E-state index contributed by atoms with van der Waals surface area (Å²) in [7, 11) is -4.82. The lowest BCUT2D eigenvalue weighted by Gasteiger charge is -2.40. The number of rotatable bonds is 7. The first-order valence-corrected chi connectivity index (χ1v) is 9.14. The van der Waals surface area contributed by atoms with Crippen LogP contribution in [0.2, 0.25) is 0 Å². The Bertz CT molecular complexity index is 707. The zero-order valence-corrected chi connectivity index (χ0v) is 14.4. The molecule has 1 saturated heterocycles. The van der Waals surface area contributed by atoms with Gasteiger partial charge < -0.3 is 25.2 Å². The van der Waals surface area contributed by atoms with Crippen LogP contribution in [0.3, 0.4) is 0 Å². The third kappa shape index (κ3) is 5.71. The maximum Gasteiger partial charge on any atom is 0.466 e. The van der Waals surface area contributed by atoms with E-state index in [9.17, 15) is 28.8 Å². The van der Waals surface area contributed by atoms with Gasteiger partial charge in [0.1, 0.15) is 24.4 Å². The second-order valence-electron chi connectivity index (χ2n) is 5.89. The van der Waals surface area contributed by atoms with E-state index in [1.54, 1.807) is 30.3 Å². The van der Waals surface area contributed by atoms with Crippen LogP contribution in [-0.4, -0.2) is 76.2 Å². The molecule has 1 heterocycles. The van der Waals surface area contributed by atoms with Crippen LogP contribution in [0, 0.1) is 0 Å². The normalized spacial score (nSPS) is 30.2. The van der Waals surface area contributed by atoms with E-state index < -0.39 is 47.5 Å². The third-order valence-electron chi connectivity index (χ3n) is 3.94. The molecule has 0 unspecified atom stereocenters. The fourth-order valence-electron chi connectivity index (χ4n) is 2.65. The fourth-order valence-corrected chi connectivity index (χ4v) is 2.85. The molecule has 11 heteroatoms. The predicted molar refractivity (Wildman–Crippen MR) is 88.6 cm³/mol. The molecule has 26 heavy (non-hydrogen) atoms. The van der Waals surface area contributed by atoms with Crippen molar-refractivity contribution in [3.05, 3.63) is 35.9 Å². The molecule has 0 spiro atoms. The van der Waals surface area contributed by atoms with Gasteiger partial charge in [0.15, 0.2) is 0 Å². The molecule has 1 aromatic carbocycles. The van der Waals surface area contributed by atoms with Crippen molar-refractivity contribution in [2.45, 2.75) is 43.4 Å². The first kappa shape index (κ1) is 20.7. The van der Waals surface area contributed by atoms with E-state index in [4.69, 9.17) is 9.29 Å². The average molecular weight is 391 g/mol. The molecule has 1 aliphatic heterocycles. The molecule has 5 atom stereocenters. The van der Waals surface area contributed by atoms with Crippen molar-refractivity contribution in [3.8, 4) is 0 Å². The molecule has 0 aliphatic carbocycles. The molecule has 0 saturated carbocycles. The quantitative estimate of drug-likeness (QED) is 0.214. The topological polar surface area (TPSA) is 166 Å². The van der Waals surface area contributed by atoms with Gasteiger partial charge in [-0.3, -0.25) is 4.55 Å². The Balaban J connectivity index is 2.19. The van der Waals surface area contributed by atoms with Gasteiger partial charge in [-0.1, -0.05) is 35.5 Å². The van der Waals surface area contributed by atoms with Crippen LogP contribution in [0.4, 0.5) is 0 Å². The Morgan fingerprint density at radius 3 is 2.27 bits per heavy atom. The summed E-state index contributed by atoms with van der Waals surface area (Å²) in [6, 6.07) is 8.79. The summed E-state index contributed by atoms with van der Waals surface area (Å²) < 4.78 is 39.7. The van der Waals surface area contributed by atoms with Crippen molar-refractivity contribution in [2.75, 3.05) is 6.61 Å². The van der Waals surface area contributed by atoms with Gasteiger partial charge in [-0.05, 0) is 5.56 Å². The van der Waals surface area contributed by atoms with Crippen LogP contribution in [0.25, 0.3) is 0 Å². The molecule has 1 aromatic rings. The maximum absolute atomic E-state index is 10.8. The number of hydrogen-bond acceptors (Lipinski definition) is 9. The molecule has 146 valence electrons. The van der Waals surface area contributed by atoms with Crippen molar-refractivity contribution in [1.82, 2.24) is 0 Å². The number of hydrogen-bond donors (Lipinski definition) is 5. The molecule has 5 N–H and O–H groups in total. The summed E-state index contributed by atoms with van der Waals surface area (Å²) in [5.74, 6) is 0. The molecule has 1 fully saturated rings. The van der Waals surface area contributed by atoms with E-state index in [1.165, 1.54) is 0 Å². The molecule has 10 nitrogen and oxygen atoms in total. The smallest absolute Gasteiger partial charge is 0.394 e. The highest BCUT2D eigenvalue weighted by atomic mass is 32.3. The molecule has 0 aromatic heterocycles. The second kappa shape index (κ2) is 8.86. The van der Waals surface area contributed by atoms with Crippen LogP contribution < -0.4 is 0 Å². The van der Waals surface area contributed by atoms with Gasteiger partial charge in [-0.25, -0.2) is 4.28 Å². The highest BCUT2D eigenvalue weighted by molar-refractivity contribution is 7.80. The highest BCUT2D eigenvalue weighted by Gasteiger charge is 2.43. The van der Waals surface area contributed by atoms with E-state index in [-0.39, 0.29) is 18.6 Å². The predicted octanol–water partition coefficient (Wildman–Crippen LogP) is -1.36. The van der Waals surface area contributed by atoms with Crippen LogP contribution >= 0.6 is 0 Å². The van der Waals surface area contributed by atoms with Gasteiger partial charge in [0.05, 0.1) is 18.4 Å². The van der Waals surface area contributed by atoms with Gasteiger partial charge in [-0.15, -0.1) is 0 Å². The minimum Gasteiger partial charge on any atom is -0.394 e. The van der Waals surface area contributed by atoms with E-state index >= 15 is 0 Å². The third-order valence-corrected chi connectivity index (χ3v) is 4.20. The lowest BCUT2D eigenvalue weighted by molar-refractivity contribution is -0.227. The molecule has 2 rings (SSSR count). The van der Waals surface area contributed by atoms with Gasteiger partial charge in [0, 0.05) is 12.8 Å². The van der Waals surface area contributed by atoms with Crippen LogP contribution in [0.15, 0.2) is 35.5 Å². The fraction of sp³-hybridized carbons (Fsp3) is 0.533. The monoisotopic (exact) mass is 391 g/mol. The molecular formula is C15H21NO9S. The summed E-state index contributed by atoms with van der Waals surface area (Å²) in [5, 5.41) is 42.3. The number of aliphatic hydroxyl groups excluding tert-OH is 4. The number of aliphatic hydroxyl groups is 4. The Morgan fingerprint density at radius 2 is 1.69 bits per heavy atom. The van der Waals surface area contributed by atoms with E-state index in [0.29, 0.717) is 0 Å². The van der Waals surface area contributed by atoms with Crippen molar-refractivity contribution in [1.29, 1.82) is 0 Å². The van der Waals surface area contributed by atoms with Crippen LogP contribution in [0.1, 0.15) is 12.0 Å². The van der Waals surface area contributed by atoms with Crippen molar-refractivity contribution < 1.29 is 42.4 Å². The number of oxime groups is 1. The van der Waals surface area contributed by atoms with E-state index in [0.717, 1.165) is 5.56 Å². The standard InChI is InChI=1S/C15H21NO9S/c17-8-12-14(19)15(20)13(18)11(24-12)7-10(16-25-26(21,22)23)6-9-4-2-1-3-5-9/h1-5,11-15,17-20H,6-8H2,(H,21,22,23)/t11-,12+,13-,14+,15+/m0/s1. The van der Waals surface area contributed by atoms with E-state index in [1.807, 2.05) is 0 Å². The Kier molecular flexibility index (Phi) is 7.06. The molecule has 0 amide bonds. The summed E-state index contributed by atoms with van der Waals surface area (Å²) >= 11 is 0. The average Bonchev–Trinajstić information content (AvgIpc) is 2.60. The minimum absolute atomic E-state index is 0.0955. The van der Waals surface area contributed by atoms with Crippen LogP contribution in [0.5, 0.6) is 0 Å². The largest absolute Gasteiger partial charge is 0.466 e. The minimum atomic E-state index is -4.82. The second-order valence-corrected chi connectivity index (χ2v) is 6.90. The summed E-state index contributed by atoms with van der Waals surface area (Å²) in [6.45, 7) is -0.589. The van der Waals surface area contributed by atoms with Crippen LogP contribution in [-0.2, 0) is 25.8 Å². The van der Waals surface area contributed by atoms with Gasteiger partial charge in [0.25, 0.3) is 0 Å². The molecule has 0 radical (unpaired) electrons.